The van der Waals surface area contributed by atoms with E-state index in [0.29, 0.717) is 11.8 Å². The zero-order valence-corrected chi connectivity index (χ0v) is 16.3. The Morgan fingerprint density at radius 2 is 1.18 bits per heavy atom. The highest BCUT2D eigenvalue weighted by atomic mass is 16.1. The van der Waals surface area contributed by atoms with Crippen molar-refractivity contribution in [2.24, 2.45) is 17.8 Å². The number of para-hydroxylation sites is 1. The van der Waals surface area contributed by atoms with Crippen molar-refractivity contribution in [3.05, 3.63) is 101 Å². The molecule has 0 heterocycles. The van der Waals surface area contributed by atoms with E-state index >= 15 is 0 Å². The lowest BCUT2D eigenvalue weighted by Gasteiger charge is -2.51. The number of carbonyl (C=O) groups excluding carboxylic acids is 1. The molecule has 0 aromatic heterocycles. The minimum atomic E-state index is -0.0602. The topological polar surface area (TPSA) is 29.1 Å². The Bertz CT molecular complexity index is 976. The van der Waals surface area contributed by atoms with Crippen LogP contribution in [0.15, 0.2) is 78.9 Å². The second-order valence-corrected chi connectivity index (χ2v) is 8.42. The van der Waals surface area contributed by atoms with Crippen LogP contribution in [0.25, 0.3) is 0 Å². The molecule has 2 heteroatoms. The smallest absolute Gasteiger partial charge is 0.228 e. The third-order valence-electron chi connectivity index (χ3n) is 6.60. The van der Waals surface area contributed by atoms with E-state index in [-0.39, 0.29) is 23.7 Å². The first-order valence-electron chi connectivity index (χ1n) is 10.2. The van der Waals surface area contributed by atoms with Crippen LogP contribution < -0.4 is 5.32 Å². The summed E-state index contributed by atoms with van der Waals surface area (Å²) in [7, 11) is 0. The molecule has 3 aliphatic carbocycles. The molecule has 0 saturated carbocycles. The minimum Gasteiger partial charge on any atom is -0.326 e. The van der Waals surface area contributed by atoms with Crippen molar-refractivity contribution < 1.29 is 4.79 Å². The minimum absolute atomic E-state index is 0.0602. The largest absolute Gasteiger partial charge is 0.326 e. The zero-order chi connectivity index (χ0) is 19.3. The van der Waals surface area contributed by atoms with E-state index < -0.39 is 0 Å². The highest BCUT2D eigenvalue weighted by molar-refractivity contribution is 5.94. The van der Waals surface area contributed by atoms with Gasteiger partial charge in [-0.15, -0.1) is 0 Å². The lowest BCUT2D eigenvalue weighted by atomic mass is 9.52. The monoisotopic (exact) mass is 367 g/mol. The maximum atomic E-state index is 13.6. The number of benzene rings is 3. The molecule has 3 aromatic carbocycles. The van der Waals surface area contributed by atoms with Gasteiger partial charge in [0.05, 0.1) is 5.92 Å². The van der Waals surface area contributed by atoms with E-state index in [1.807, 2.05) is 30.3 Å². The van der Waals surface area contributed by atoms with Gasteiger partial charge in [-0.2, -0.15) is 0 Å². The maximum Gasteiger partial charge on any atom is 0.228 e. The number of anilines is 1. The van der Waals surface area contributed by atoms with Crippen LogP contribution in [0.5, 0.6) is 0 Å². The number of rotatable bonds is 3. The average molecular weight is 367 g/mol. The van der Waals surface area contributed by atoms with Crippen LogP contribution in [-0.4, -0.2) is 5.91 Å². The van der Waals surface area contributed by atoms with E-state index in [2.05, 4.69) is 67.7 Å². The molecule has 0 radical (unpaired) electrons. The maximum absolute atomic E-state index is 13.6. The standard InChI is InChI=1S/C26H25NO/c1-16(2)22-23-18-12-6-8-14-20(18)24(21-15-9-7-13-19(21)23)25(22)26(28)27-17-10-4-3-5-11-17/h3-16,22-25H,1-2H3,(H,27,28). The number of amides is 1. The van der Waals surface area contributed by atoms with Gasteiger partial charge in [-0.1, -0.05) is 80.6 Å². The molecule has 2 unspecified atom stereocenters. The molecule has 2 atom stereocenters. The van der Waals surface area contributed by atoms with Gasteiger partial charge in [-0.05, 0) is 46.2 Å². The van der Waals surface area contributed by atoms with Crippen LogP contribution in [0.4, 0.5) is 5.69 Å². The third-order valence-corrected chi connectivity index (χ3v) is 6.60. The molecule has 2 bridgehead atoms. The molecule has 2 nitrogen and oxygen atoms in total. The molecular formula is C26H25NO. The van der Waals surface area contributed by atoms with Crippen LogP contribution in [0, 0.1) is 17.8 Å². The molecule has 0 spiro atoms. The highest BCUT2D eigenvalue weighted by Gasteiger charge is 2.53. The molecule has 0 aliphatic heterocycles. The SMILES string of the molecule is CC(C)C1C2c3ccccc3C(c3ccccc32)C1C(=O)Nc1ccccc1. The first kappa shape index (κ1) is 17.2. The molecular weight excluding hydrogens is 342 g/mol. The van der Waals surface area contributed by atoms with Crippen LogP contribution in [0.2, 0.25) is 0 Å². The van der Waals surface area contributed by atoms with Crippen LogP contribution in [-0.2, 0) is 4.79 Å². The number of hydrogen-bond acceptors (Lipinski definition) is 1. The van der Waals surface area contributed by atoms with Gasteiger partial charge in [0.25, 0.3) is 0 Å². The van der Waals surface area contributed by atoms with Gasteiger partial charge in [-0.25, -0.2) is 0 Å². The fraction of sp³-hybridized carbons (Fsp3) is 0.269. The van der Waals surface area contributed by atoms with Crippen molar-refractivity contribution in [1.82, 2.24) is 0 Å². The van der Waals surface area contributed by atoms with Gasteiger partial charge >= 0.3 is 0 Å². The lowest BCUT2D eigenvalue weighted by molar-refractivity contribution is -0.123. The molecule has 3 aromatic rings. The van der Waals surface area contributed by atoms with Crippen molar-refractivity contribution in [1.29, 1.82) is 0 Å². The molecule has 1 N–H and O–H groups in total. The Labute approximate surface area is 166 Å². The van der Waals surface area contributed by atoms with Crippen LogP contribution in [0.3, 0.4) is 0 Å². The molecule has 3 aliphatic rings. The fourth-order valence-corrected chi connectivity index (χ4v) is 5.59. The van der Waals surface area contributed by atoms with Crippen LogP contribution in [0.1, 0.15) is 47.9 Å². The second kappa shape index (κ2) is 6.63. The van der Waals surface area contributed by atoms with Crippen molar-refractivity contribution in [2.75, 3.05) is 5.32 Å². The van der Waals surface area contributed by atoms with Gasteiger partial charge in [0.1, 0.15) is 0 Å². The normalized spacial score (nSPS) is 24.5. The predicted molar refractivity (Wildman–Crippen MR) is 113 cm³/mol. The first-order valence-corrected chi connectivity index (χ1v) is 10.2. The quantitative estimate of drug-likeness (QED) is 0.622. The van der Waals surface area contributed by atoms with Gasteiger partial charge < -0.3 is 5.32 Å². The Balaban J connectivity index is 1.66. The summed E-state index contributed by atoms with van der Waals surface area (Å²) >= 11 is 0. The summed E-state index contributed by atoms with van der Waals surface area (Å²) in [4.78, 5) is 13.6. The molecule has 140 valence electrons. The molecule has 0 fully saturated rings. The van der Waals surface area contributed by atoms with Crippen molar-refractivity contribution in [2.45, 2.75) is 25.7 Å². The number of hydrogen-bond donors (Lipinski definition) is 1. The van der Waals surface area contributed by atoms with E-state index in [9.17, 15) is 4.79 Å². The Hall–Kier alpha value is -2.87. The Morgan fingerprint density at radius 1 is 0.714 bits per heavy atom. The number of fused-ring (bicyclic) bond motifs is 1. The van der Waals surface area contributed by atoms with E-state index in [1.165, 1.54) is 22.3 Å². The second-order valence-electron chi connectivity index (χ2n) is 8.42. The lowest BCUT2D eigenvalue weighted by Crippen LogP contribution is -2.47. The summed E-state index contributed by atoms with van der Waals surface area (Å²) in [5.41, 5.74) is 6.35. The molecule has 1 amide bonds. The number of nitrogens with one attached hydrogen (secondary N) is 1. The van der Waals surface area contributed by atoms with Gasteiger partial charge in [0.2, 0.25) is 5.91 Å². The van der Waals surface area contributed by atoms with Gasteiger partial charge in [0, 0.05) is 17.5 Å². The Morgan fingerprint density at radius 3 is 1.68 bits per heavy atom. The molecule has 28 heavy (non-hydrogen) atoms. The Kier molecular flexibility index (Phi) is 4.08. The highest BCUT2D eigenvalue weighted by Crippen LogP contribution is 2.60. The fourth-order valence-electron chi connectivity index (χ4n) is 5.59. The van der Waals surface area contributed by atoms with Crippen molar-refractivity contribution >= 4 is 11.6 Å². The predicted octanol–water partition coefficient (Wildman–Crippen LogP) is 5.80. The first-order chi connectivity index (χ1) is 13.7. The summed E-state index contributed by atoms with van der Waals surface area (Å²) in [5, 5.41) is 3.20. The average Bonchev–Trinajstić information content (AvgIpc) is 2.73. The summed E-state index contributed by atoms with van der Waals surface area (Å²) < 4.78 is 0. The zero-order valence-electron chi connectivity index (χ0n) is 16.3. The summed E-state index contributed by atoms with van der Waals surface area (Å²) in [6.45, 7) is 4.53. The molecule has 0 saturated heterocycles. The summed E-state index contributed by atoms with van der Waals surface area (Å²) in [6.07, 6.45) is 0. The summed E-state index contributed by atoms with van der Waals surface area (Å²) in [6, 6.07) is 27.3. The van der Waals surface area contributed by atoms with Gasteiger partial charge in [-0.3, -0.25) is 4.79 Å². The van der Waals surface area contributed by atoms with E-state index in [4.69, 9.17) is 0 Å². The molecule has 6 rings (SSSR count). The van der Waals surface area contributed by atoms with Crippen molar-refractivity contribution in [3.63, 3.8) is 0 Å². The third kappa shape index (κ3) is 2.51. The van der Waals surface area contributed by atoms with E-state index in [1.54, 1.807) is 0 Å². The van der Waals surface area contributed by atoms with E-state index in [0.717, 1.165) is 5.69 Å². The van der Waals surface area contributed by atoms with Crippen LogP contribution >= 0.6 is 0 Å². The van der Waals surface area contributed by atoms with Crippen molar-refractivity contribution in [3.8, 4) is 0 Å². The summed E-state index contributed by atoms with van der Waals surface area (Å²) in [5.74, 6) is 1.19. The number of carbonyl (C=O) groups is 1. The van der Waals surface area contributed by atoms with Gasteiger partial charge in [0.15, 0.2) is 0 Å².